The van der Waals surface area contributed by atoms with Crippen molar-refractivity contribution in [3.63, 3.8) is 0 Å². The van der Waals surface area contributed by atoms with Crippen molar-refractivity contribution in [3.8, 4) is 6.07 Å². The Morgan fingerprint density at radius 2 is 1.94 bits per heavy atom. The zero-order valence-electron chi connectivity index (χ0n) is 11.4. The number of amides is 1. The van der Waals surface area contributed by atoms with E-state index in [9.17, 15) is 10.1 Å². The topological polar surface area (TPSA) is 52.9 Å². The fourth-order valence-corrected chi connectivity index (χ4v) is 2.11. The van der Waals surface area contributed by atoms with Crippen LogP contribution in [0.3, 0.4) is 0 Å². The third kappa shape index (κ3) is 4.99. The summed E-state index contributed by atoms with van der Waals surface area (Å²) >= 11 is 1.71. The van der Waals surface area contributed by atoms with Gasteiger partial charge in [0.15, 0.2) is 0 Å². The molecule has 17 heavy (non-hydrogen) atoms. The molecule has 1 amide bonds. The number of carbonyl (C=O) groups is 1. The van der Waals surface area contributed by atoms with Crippen LogP contribution in [0.4, 0.5) is 0 Å². The standard InChI is InChI=1S/C13H24N2OS/c1-5-7-13(10-14,8-6-2)12(16)15-9-11(3)17-4/h11H,5-9H2,1-4H3,(H,15,16). The first-order valence-electron chi connectivity index (χ1n) is 6.28. The first kappa shape index (κ1) is 16.3. The first-order valence-corrected chi connectivity index (χ1v) is 7.57. The minimum atomic E-state index is -0.818. The summed E-state index contributed by atoms with van der Waals surface area (Å²) in [6.45, 7) is 6.73. The van der Waals surface area contributed by atoms with Gasteiger partial charge in [0.25, 0.3) is 0 Å². The molecule has 0 aliphatic heterocycles. The largest absolute Gasteiger partial charge is 0.354 e. The second kappa shape index (κ2) is 8.41. The normalized spacial score (nSPS) is 12.9. The first-order chi connectivity index (χ1) is 8.06. The van der Waals surface area contributed by atoms with Gasteiger partial charge in [0.2, 0.25) is 5.91 Å². The molecule has 3 nitrogen and oxygen atoms in total. The second-order valence-electron chi connectivity index (χ2n) is 4.45. The predicted octanol–water partition coefficient (Wildman–Crippen LogP) is 2.96. The molecule has 0 saturated carbocycles. The van der Waals surface area contributed by atoms with E-state index in [1.165, 1.54) is 0 Å². The van der Waals surface area contributed by atoms with Crippen LogP contribution in [0.25, 0.3) is 0 Å². The Morgan fingerprint density at radius 3 is 2.29 bits per heavy atom. The Bertz CT molecular complexity index is 267. The fraction of sp³-hybridized carbons (Fsp3) is 0.846. The van der Waals surface area contributed by atoms with Crippen molar-refractivity contribution in [1.82, 2.24) is 5.32 Å². The van der Waals surface area contributed by atoms with Gasteiger partial charge in [-0.25, -0.2) is 0 Å². The molecular formula is C13H24N2OS. The average Bonchev–Trinajstić information content (AvgIpc) is 2.34. The number of hydrogen-bond acceptors (Lipinski definition) is 3. The number of hydrogen-bond donors (Lipinski definition) is 1. The Labute approximate surface area is 109 Å². The Morgan fingerprint density at radius 1 is 1.41 bits per heavy atom. The van der Waals surface area contributed by atoms with Crippen LogP contribution < -0.4 is 5.32 Å². The SMILES string of the molecule is CCCC(C#N)(CCC)C(=O)NCC(C)SC. The Hall–Kier alpha value is -0.690. The van der Waals surface area contributed by atoms with Crippen LogP contribution in [0.1, 0.15) is 46.5 Å². The van der Waals surface area contributed by atoms with Crippen molar-refractivity contribution in [2.24, 2.45) is 5.41 Å². The fourth-order valence-electron chi connectivity index (χ4n) is 1.86. The lowest BCUT2D eigenvalue weighted by Crippen LogP contribution is -2.42. The van der Waals surface area contributed by atoms with Crippen LogP contribution in [0.2, 0.25) is 0 Å². The summed E-state index contributed by atoms with van der Waals surface area (Å²) in [6, 6.07) is 2.24. The van der Waals surface area contributed by atoms with Gasteiger partial charge in [-0.1, -0.05) is 33.6 Å². The van der Waals surface area contributed by atoms with E-state index in [-0.39, 0.29) is 5.91 Å². The molecule has 0 aromatic heterocycles. The molecule has 1 unspecified atom stereocenters. The van der Waals surface area contributed by atoms with Gasteiger partial charge < -0.3 is 5.32 Å². The van der Waals surface area contributed by atoms with Crippen LogP contribution >= 0.6 is 11.8 Å². The van der Waals surface area contributed by atoms with Crippen molar-refractivity contribution in [3.05, 3.63) is 0 Å². The van der Waals surface area contributed by atoms with Crippen LogP contribution in [0, 0.1) is 16.7 Å². The van der Waals surface area contributed by atoms with E-state index in [0.29, 0.717) is 24.6 Å². The molecule has 0 saturated heterocycles. The molecule has 98 valence electrons. The lowest BCUT2D eigenvalue weighted by Gasteiger charge is -2.25. The number of nitrogens with zero attached hydrogens (tertiary/aromatic N) is 1. The molecule has 4 heteroatoms. The Kier molecular flexibility index (Phi) is 8.07. The minimum Gasteiger partial charge on any atom is -0.354 e. The summed E-state index contributed by atoms with van der Waals surface area (Å²) in [7, 11) is 0. The molecule has 0 aromatic rings. The van der Waals surface area contributed by atoms with Crippen molar-refractivity contribution in [1.29, 1.82) is 5.26 Å². The molecule has 0 fully saturated rings. The van der Waals surface area contributed by atoms with Gasteiger partial charge in [-0.3, -0.25) is 4.79 Å². The molecule has 0 rings (SSSR count). The van der Waals surface area contributed by atoms with Crippen LogP contribution in [-0.2, 0) is 4.79 Å². The summed E-state index contributed by atoms with van der Waals surface area (Å²) in [6.07, 6.45) is 5.04. The summed E-state index contributed by atoms with van der Waals surface area (Å²) < 4.78 is 0. The van der Waals surface area contributed by atoms with Crippen molar-refractivity contribution >= 4 is 17.7 Å². The highest BCUT2D eigenvalue weighted by Gasteiger charge is 2.36. The van der Waals surface area contributed by atoms with Crippen LogP contribution in [0.5, 0.6) is 0 Å². The summed E-state index contributed by atoms with van der Waals surface area (Å²) in [4.78, 5) is 12.2. The lowest BCUT2D eigenvalue weighted by atomic mass is 9.80. The average molecular weight is 256 g/mol. The molecule has 0 bridgehead atoms. The van der Waals surface area contributed by atoms with Crippen LogP contribution in [0.15, 0.2) is 0 Å². The van der Waals surface area contributed by atoms with Crippen molar-refractivity contribution in [2.75, 3.05) is 12.8 Å². The Balaban J connectivity index is 4.58. The van der Waals surface area contributed by atoms with E-state index in [2.05, 4.69) is 18.3 Å². The number of carbonyl (C=O) groups excluding carboxylic acids is 1. The second-order valence-corrected chi connectivity index (χ2v) is 5.73. The summed E-state index contributed by atoms with van der Waals surface area (Å²) in [5.74, 6) is -0.0930. The van der Waals surface area contributed by atoms with Gasteiger partial charge in [0.05, 0.1) is 6.07 Å². The maximum Gasteiger partial charge on any atom is 0.240 e. The van der Waals surface area contributed by atoms with Gasteiger partial charge in [0.1, 0.15) is 5.41 Å². The molecule has 0 heterocycles. The monoisotopic (exact) mass is 256 g/mol. The highest BCUT2D eigenvalue weighted by molar-refractivity contribution is 7.99. The van der Waals surface area contributed by atoms with Crippen molar-refractivity contribution < 1.29 is 4.79 Å². The third-order valence-electron chi connectivity index (χ3n) is 2.95. The molecule has 0 aliphatic carbocycles. The summed E-state index contributed by atoms with van der Waals surface area (Å²) in [5.41, 5.74) is -0.818. The zero-order valence-corrected chi connectivity index (χ0v) is 12.2. The van der Waals surface area contributed by atoms with Gasteiger partial charge in [0, 0.05) is 11.8 Å². The molecule has 0 radical (unpaired) electrons. The van der Waals surface area contributed by atoms with Gasteiger partial charge in [-0.2, -0.15) is 17.0 Å². The number of nitrogens with one attached hydrogen (secondary N) is 1. The molecule has 0 aromatic carbocycles. The number of nitriles is 1. The summed E-state index contributed by atoms with van der Waals surface area (Å²) in [5, 5.41) is 12.6. The molecular weight excluding hydrogens is 232 g/mol. The minimum absolute atomic E-state index is 0.0930. The maximum atomic E-state index is 12.2. The van der Waals surface area contributed by atoms with Gasteiger partial charge in [-0.15, -0.1) is 0 Å². The quantitative estimate of drug-likeness (QED) is 0.726. The lowest BCUT2D eigenvalue weighted by molar-refractivity contribution is -0.128. The number of thioether (sulfide) groups is 1. The third-order valence-corrected chi connectivity index (χ3v) is 3.93. The van der Waals surface area contributed by atoms with Crippen molar-refractivity contribution in [2.45, 2.75) is 51.7 Å². The van der Waals surface area contributed by atoms with Crippen LogP contribution in [-0.4, -0.2) is 24.0 Å². The molecule has 1 atom stereocenters. The molecule has 0 aliphatic rings. The highest BCUT2D eigenvalue weighted by atomic mass is 32.2. The van der Waals surface area contributed by atoms with Gasteiger partial charge >= 0.3 is 0 Å². The predicted molar refractivity (Wildman–Crippen MR) is 73.8 cm³/mol. The zero-order chi connectivity index (χ0) is 13.3. The number of rotatable bonds is 8. The molecule has 1 N–H and O–H groups in total. The van der Waals surface area contributed by atoms with E-state index < -0.39 is 5.41 Å². The van der Waals surface area contributed by atoms with E-state index in [0.717, 1.165) is 12.8 Å². The highest BCUT2D eigenvalue weighted by Crippen LogP contribution is 2.29. The van der Waals surface area contributed by atoms with Gasteiger partial charge in [-0.05, 0) is 19.1 Å². The smallest absolute Gasteiger partial charge is 0.240 e. The van der Waals surface area contributed by atoms with E-state index in [1.807, 2.05) is 20.1 Å². The van der Waals surface area contributed by atoms with E-state index in [4.69, 9.17) is 0 Å². The van der Waals surface area contributed by atoms with E-state index in [1.54, 1.807) is 11.8 Å². The maximum absolute atomic E-state index is 12.2. The van der Waals surface area contributed by atoms with E-state index >= 15 is 0 Å². The molecule has 0 spiro atoms.